The summed E-state index contributed by atoms with van der Waals surface area (Å²) in [5.41, 5.74) is 4.18. The van der Waals surface area contributed by atoms with Crippen LogP contribution in [0.5, 0.6) is 5.75 Å². The zero-order chi connectivity index (χ0) is 20.5. The van der Waals surface area contributed by atoms with Crippen molar-refractivity contribution in [2.75, 3.05) is 38.2 Å². The highest BCUT2D eigenvalue weighted by Crippen LogP contribution is 2.35. The number of thiazole rings is 1. The SMILES string of the molecule is COc1ccc(CC(=O)N2CCN(c3nc4c(C)ccc(Cl)c4s3)CC2)cc1C. The Hall–Kier alpha value is -2.31. The van der Waals surface area contributed by atoms with Gasteiger partial charge in [-0.3, -0.25) is 4.79 Å². The van der Waals surface area contributed by atoms with E-state index in [0.29, 0.717) is 19.5 Å². The highest BCUT2D eigenvalue weighted by Gasteiger charge is 2.24. The number of hydrogen-bond donors (Lipinski definition) is 0. The monoisotopic (exact) mass is 429 g/mol. The molecule has 0 bridgehead atoms. The molecule has 7 heteroatoms. The standard InChI is InChI=1S/C22H24ClN3O2S/c1-14-4-6-17(23)21-20(14)24-22(29-21)26-10-8-25(9-11-26)19(27)13-16-5-7-18(28-3)15(2)12-16/h4-7,12H,8-11,13H2,1-3H3. The fraction of sp³-hybridized carbons (Fsp3) is 0.364. The summed E-state index contributed by atoms with van der Waals surface area (Å²) >= 11 is 7.97. The van der Waals surface area contributed by atoms with Crippen LogP contribution in [0.15, 0.2) is 30.3 Å². The van der Waals surface area contributed by atoms with Crippen LogP contribution < -0.4 is 9.64 Å². The minimum atomic E-state index is 0.164. The molecule has 1 aliphatic heterocycles. The molecule has 4 rings (SSSR count). The Labute approximate surface area is 179 Å². The van der Waals surface area contributed by atoms with Crippen LogP contribution in [0.2, 0.25) is 5.02 Å². The quantitative estimate of drug-likeness (QED) is 0.614. The molecule has 1 amide bonds. The number of hydrogen-bond acceptors (Lipinski definition) is 5. The lowest BCUT2D eigenvalue weighted by molar-refractivity contribution is -0.130. The molecule has 2 aromatic carbocycles. The van der Waals surface area contributed by atoms with E-state index < -0.39 is 0 Å². The van der Waals surface area contributed by atoms with E-state index >= 15 is 0 Å². The van der Waals surface area contributed by atoms with Gasteiger partial charge in [-0.25, -0.2) is 4.98 Å². The van der Waals surface area contributed by atoms with Crippen molar-refractivity contribution in [2.24, 2.45) is 0 Å². The molecule has 2 heterocycles. The van der Waals surface area contributed by atoms with Crippen LogP contribution in [0, 0.1) is 13.8 Å². The van der Waals surface area contributed by atoms with Gasteiger partial charge in [-0.15, -0.1) is 0 Å². The number of anilines is 1. The van der Waals surface area contributed by atoms with Crippen molar-refractivity contribution in [3.05, 3.63) is 52.0 Å². The Morgan fingerprint density at radius 2 is 1.90 bits per heavy atom. The number of nitrogens with zero attached hydrogens (tertiary/aromatic N) is 3. The Balaban J connectivity index is 1.40. The fourth-order valence-electron chi connectivity index (χ4n) is 3.71. The molecule has 0 spiro atoms. The molecule has 29 heavy (non-hydrogen) atoms. The lowest BCUT2D eigenvalue weighted by atomic mass is 10.1. The van der Waals surface area contributed by atoms with Crippen LogP contribution in [0.1, 0.15) is 16.7 Å². The summed E-state index contributed by atoms with van der Waals surface area (Å²) in [6.45, 7) is 7.03. The molecule has 0 N–H and O–H groups in total. The number of carbonyl (C=O) groups excluding carboxylic acids is 1. The number of aryl methyl sites for hydroxylation is 2. The highest BCUT2D eigenvalue weighted by molar-refractivity contribution is 7.22. The summed E-state index contributed by atoms with van der Waals surface area (Å²) in [5.74, 6) is 1.01. The zero-order valence-electron chi connectivity index (χ0n) is 16.9. The topological polar surface area (TPSA) is 45.7 Å². The van der Waals surface area contributed by atoms with E-state index in [-0.39, 0.29) is 5.91 Å². The molecule has 5 nitrogen and oxygen atoms in total. The number of fused-ring (bicyclic) bond motifs is 1. The highest BCUT2D eigenvalue weighted by atomic mass is 35.5. The number of carbonyl (C=O) groups is 1. The van der Waals surface area contributed by atoms with Gasteiger partial charge in [-0.1, -0.05) is 41.1 Å². The maximum absolute atomic E-state index is 12.8. The van der Waals surface area contributed by atoms with Gasteiger partial charge in [0.05, 0.1) is 28.8 Å². The summed E-state index contributed by atoms with van der Waals surface area (Å²) in [7, 11) is 1.66. The summed E-state index contributed by atoms with van der Waals surface area (Å²) in [6, 6.07) is 9.85. The van der Waals surface area contributed by atoms with Gasteiger partial charge in [-0.2, -0.15) is 0 Å². The molecule has 0 atom stereocenters. The summed E-state index contributed by atoms with van der Waals surface area (Å²) in [4.78, 5) is 21.8. The number of piperazine rings is 1. The largest absolute Gasteiger partial charge is 0.496 e. The molecule has 1 fully saturated rings. The second-order valence-electron chi connectivity index (χ2n) is 7.39. The van der Waals surface area contributed by atoms with Crippen LogP contribution in [0.4, 0.5) is 5.13 Å². The number of methoxy groups -OCH3 is 1. The van der Waals surface area contributed by atoms with E-state index in [2.05, 4.69) is 11.8 Å². The average molecular weight is 430 g/mol. The van der Waals surface area contributed by atoms with Crippen LogP contribution in [0.25, 0.3) is 10.2 Å². The third-order valence-electron chi connectivity index (χ3n) is 5.40. The number of ether oxygens (including phenoxy) is 1. The molecular formula is C22H24ClN3O2S. The van der Waals surface area contributed by atoms with Gasteiger partial charge >= 0.3 is 0 Å². The number of halogens is 1. The molecule has 1 aliphatic rings. The summed E-state index contributed by atoms with van der Waals surface area (Å²) < 4.78 is 6.33. The molecule has 1 saturated heterocycles. The van der Waals surface area contributed by atoms with E-state index in [1.807, 2.05) is 42.2 Å². The Morgan fingerprint density at radius 1 is 1.14 bits per heavy atom. The Kier molecular flexibility index (Phi) is 5.65. The number of rotatable bonds is 4. The van der Waals surface area contributed by atoms with E-state index in [0.717, 1.165) is 55.9 Å². The van der Waals surface area contributed by atoms with Gasteiger partial charge in [0, 0.05) is 26.2 Å². The molecule has 152 valence electrons. The van der Waals surface area contributed by atoms with Crippen molar-refractivity contribution >= 4 is 44.2 Å². The number of aromatic nitrogens is 1. The predicted molar refractivity (Wildman–Crippen MR) is 120 cm³/mol. The fourth-order valence-corrected chi connectivity index (χ4v) is 5.08. The summed E-state index contributed by atoms with van der Waals surface area (Å²) in [5, 5.41) is 1.73. The van der Waals surface area contributed by atoms with Crippen molar-refractivity contribution in [3.8, 4) is 5.75 Å². The van der Waals surface area contributed by atoms with Crippen LogP contribution >= 0.6 is 22.9 Å². The number of benzene rings is 2. The molecule has 3 aromatic rings. The van der Waals surface area contributed by atoms with Crippen LogP contribution in [0.3, 0.4) is 0 Å². The molecule has 1 aromatic heterocycles. The van der Waals surface area contributed by atoms with Crippen molar-refractivity contribution in [1.82, 2.24) is 9.88 Å². The maximum Gasteiger partial charge on any atom is 0.227 e. The molecule has 0 aliphatic carbocycles. The van der Waals surface area contributed by atoms with Gasteiger partial charge in [-0.05, 0) is 42.7 Å². The maximum atomic E-state index is 12.8. The van der Waals surface area contributed by atoms with Gasteiger partial charge in [0.25, 0.3) is 0 Å². The van der Waals surface area contributed by atoms with E-state index in [9.17, 15) is 4.79 Å². The molecule has 0 unspecified atom stereocenters. The van der Waals surface area contributed by atoms with Crippen LogP contribution in [-0.2, 0) is 11.2 Å². The third kappa shape index (κ3) is 4.05. The molecule has 0 saturated carbocycles. The second-order valence-corrected chi connectivity index (χ2v) is 8.77. The first kappa shape index (κ1) is 20.0. The second kappa shape index (κ2) is 8.20. The van der Waals surface area contributed by atoms with Gasteiger partial charge in [0.1, 0.15) is 5.75 Å². The Morgan fingerprint density at radius 3 is 2.55 bits per heavy atom. The van der Waals surface area contributed by atoms with E-state index in [1.54, 1.807) is 18.4 Å². The minimum absolute atomic E-state index is 0.164. The van der Waals surface area contributed by atoms with Crippen molar-refractivity contribution in [2.45, 2.75) is 20.3 Å². The zero-order valence-corrected chi connectivity index (χ0v) is 18.4. The van der Waals surface area contributed by atoms with Gasteiger partial charge < -0.3 is 14.5 Å². The first-order valence-corrected chi connectivity index (χ1v) is 10.9. The first-order valence-electron chi connectivity index (χ1n) is 9.68. The van der Waals surface area contributed by atoms with Gasteiger partial charge in [0.15, 0.2) is 5.13 Å². The predicted octanol–water partition coefficient (Wildman–Crippen LogP) is 4.47. The van der Waals surface area contributed by atoms with Gasteiger partial charge in [0.2, 0.25) is 5.91 Å². The van der Waals surface area contributed by atoms with Crippen LogP contribution in [-0.4, -0.2) is 49.1 Å². The lowest BCUT2D eigenvalue weighted by Gasteiger charge is -2.34. The molecule has 0 radical (unpaired) electrons. The van der Waals surface area contributed by atoms with Crippen molar-refractivity contribution < 1.29 is 9.53 Å². The first-order chi connectivity index (χ1) is 14.0. The van der Waals surface area contributed by atoms with Crippen molar-refractivity contribution in [1.29, 1.82) is 0 Å². The van der Waals surface area contributed by atoms with Crippen molar-refractivity contribution in [3.63, 3.8) is 0 Å². The minimum Gasteiger partial charge on any atom is -0.496 e. The lowest BCUT2D eigenvalue weighted by Crippen LogP contribution is -2.49. The van der Waals surface area contributed by atoms with E-state index in [1.165, 1.54) is 0 Å². The number of amides is 1. The normalized spacial score (nSPS) is 14.5. The molecular weight excluding hydrogens is 406 g/mol. The Bertz CT molecular complexity index is 1020. The van der Waals surface area contributed by atoms with E-state index in [4.69, 9.17) is 21.3 Å². The summed E-state index contributed by atoms with van der Waals surface area (Å²) in [6.07, 6.45) is 0.417. The average Bonchev–Trinajstić information content (AvgIpc) is 3.18. The third-order valence-corrected chi connectivity index (χ3v) is 6.98. The smallest absolute Gasteiger partial charge is 0.227 e.